The minimum absolute atomic E-state index is 0.0420. The van der Waals surface area contributed by atoms with Crippen molar-refractivity contribution in [3.63, 3.8) is 0 Å². The largest absolute Gasteiger partial charge is 0.469 e. The Bertz CT molecular complexity index is 1510. The number of esters is 2. The Morgan fingerprint density at radius 2 is 1.76 bits per heavy atom. The molecule has 6 fully saturated rings. The van der Waals surface area contributed by atoms with E-state index in [1.807, 2.05) is 0 Å². The molecule has 3 N–H and O–H groups in total. The van der Waals surface area contributed by atoms with E-state index in [1.165, 1.54) is 7.11 Å². The molecular weight excluding hydrogens is 648 g/mol. The summed E-state index contributed by atoms with van der Waals surface area (Å²) in [6.45, 7) is 3.25. The van der Waals surface area contributed by atoms with Crippen LogP contribution in [0.2, 0.25) is 0 Å². The van der Waals surface area contributed by atoms with E-state index in [-0.39, 0.29) is 79.1 Å². The first-order valence-corrected chi connectivity index (χ1v) is 17.9. The number of anilines is 1. The smallest absolute Gasteiger partial charge is 0.340 e. The maximum Gasteiger partial charge on any atom is 0.340 e. The van der Waals surface area contributed by atoms with Crippen molar-refractivity contribution in [1.82, 2.24) is 4.90 Å². The fourth-order valence-electron chi connectivity index (χ4n) is 12.6. The zero-order valence-electron chi connectivity index (χ0n) is 29.9. The van der Waals surface area contributed by atoms with Gasteiger partial charge in [0.1, 0.15) is 11.2 Å². The van der Waals surface area contributed by atoms with Crippen molar-refractivity contribution in [2.75, 3.05) is 60.6 Å². The van der Waals surface area contributed by atoms with E-state index >= 15 is 0 Å². The highest BCUT2D eigenvalue weighted by atomic mass is 16.5. The van der Waals surface area contributed by atoms with Gasteiger partial charge in [-0.15, -0.1) is 0 Å². The molecule has 1 aromatic rings. The van der Waals surface area contributed by atoms with E-state index in [0.717, 1.165) is 6.42 Å². The van der Waals surface area contributed by atoms with Crippen LogP contribution >= 0.6 is 0 Å². The first-order valence-electron chi connectivity index (χ1n) is 17.9. The third-order valence-corrected chi connectivity index (χ3v) is 14.0. The number of carbonyl (C=O) groups is 3. The minimum Gasteiger partial charge on any atom is -0.469 e. The van der Waals surface area contributed by atoms with Crippen LogP contribution in [0.15, 0.2) is 24.3 Å². The number of carbonyl (C=O) groups excluding carboxylic acids is 3. The van der Waals surface area contributed by atoms with Crippen LogP contribution in [0.4, 0.5) is 5.69 Å². The number of nitrogens with zero attached hydrogens (tertiary/aromatic N) is 1. The van der Waals surface area contributed by atoms with Gasteiger partial charge < -0.3 is 44.0 Å². The molecule has 13 heteroatoms. The van der Waals surface area contributed by atoms with Gasteiger partial charge in [-0.2, -0.15) is 0 Å². The van der Waals surface area contributed by atoms with Gasteiger partial charge in [0, 0.05) is 76.4 Å². The van der Waals surface area contributed by atoms with Crippen LogP contribution in [0.3, 0.4) is 0 Å². The van der Waals surface area contributed by atoms with E-state index in [9.17, 15) is 24.6 Å². The lowest BCUT2D eigenvalue weighted by Crippen LogP contribution is -2.82. The molecule has 1 heterocycles. The molecule has 13 nitrogen and oxygen atoms in total. The highest BCUT2D eigenvalue weighted by Gasteiger charge is 2.91. The van der Waals surface area contributed by atoms with Crippen molar-refractivity contribution >= 4 is 23.5 Å². The van der Waals surface area contributed by atoms with Gasteiger partial charge >= 0.3 is 11.9 Å². The van der Waals surface area contributed by atoms with Crippen LogP contribution in [0.5, 0.6) is 0 Å². The van der Waals surface area contributed by atoms with Crippen LogP contribution in [-0.2, 0) is 38.0 Å². The number of benzene rings is 1. The molecule has 276 valence electrons. The van der Waals surface area contributed by atoms with Gasteiger partial charge in [-0.3, -0.25) is 14.5 Å². The second-order valence-corrected chi connectivity index (χ2v) is 15.4. The molecule has 0 radical (unpaired) electrons. The van der Waals surface area contributed by atoms with Gasteiger partial charge in [0.2, 0.25) is 5.91 Å². The lowest BCUT2D eigenvalue weighted by Gasteiger charge is -2.70. The van der Waals surface area contributed by atoms with E-state index in [4.69, 9.17) is 23.7 Å². The predicted molar refractivity (Wildman–Crippen MR) is 178 cm³/mol. The first-order chi connectivity index (χ1) is 24.0. The molecule has 1 spiro atoms. The summed E-state index contributed by atoms with van der Waals surface area (Å²) in [7, 11) is 7.95. The quantitative estimate of drug-likeness (QED) is 0.273. The molecule has 5 saturated carbocycles. The second-order valence-electron chi connectivity index (χ2n) is 15.4. The molecule has 5 aliphatic carbocycles. The number of rotatable bonds is 12. The Kier molecular flexibility index (Phi) is 9.14. The number of amides is 1. The molecule has 7 bridgehead atoms. The number of fused-ring (bicyclic) bond motifs is 2. The lowest BCUT2D eigenvalue weighted by atomic mass is 9.42. The maximum atomic E-state index is 13.9. The minimum atomic E-state index is -1.69. The number of hydrogen-bond acceptors (Lipinski definition) is 12. The molecule has 1 aromatic carbocycles. The summed E-state index contributed by atoms with van der Waals surface area (Å²) in [6, 6.07) is 6.17. The van der Waals surface area contributed by atoms with Crippen molar-refractivity contribution in [3.05, 3.63) is 29.8 Å². The number of piperidine rings is 1. The van der Waals surface area contributed by atoms with Crippen LogP contribution in [0.25, 0.3) is 0 Å². The summed E-state index contributed by atoms with van der Waals surface area (Å²) in [5.74, 6) is -2.23. The van der Waals surface area contributed by atoms with Crippen LogP contribution in [-0.4, -0.2) is 130 Å². The van der Waals surface area contributed by atoms with Gasteiger partial charge in [-0.25, -0.2) is 4.79 Å². The van der Waals surface area contributed by atoms with E-state index in [1.54, 1.807) is 52.7 Å². The van der Waals surface area contributed by atoms with Crippen molar-refractivity contribution in [3.8, 4) is 0 Å². The predicted octanol–water partition coefficient (Wildman–Crippen LogP) is 2.03. The number of likely N-dealkylation sites (N-methyl/N-ethyl adjacent to an activating group) is 1. The highest BCUT2D eigenvalue weighted by Crippen LogP contribution is 2.80. The molecule has 50 heavy (non-hydrogen) atoms. The Morgan fingerprint density at radius 1 is 1.00 bits per heavy atom. The van der Waals surface area contributed by atoms with Crippen molar-refractivity contribution in [2.24, 2.45) is 34.5 Å². The fourth-order valence-corrected chi connectivity index (χ4v) is 12.6. The van der Waals surface area contributed by atoms with Crippen LogP contribution in [0, 0.1) is 34.5 Å². The zero-order chi connectivity index (χ0) is 35.8. The number of hydrogen-bond donors (Lipinski definition) is 3. The Morgan fingerprint density at radius 3 is 2.42 bits per heavy atom. The number of ether oxygens (including phenoxy) is 6. The van der Waals surface area contributed by atoms with Gasteiger partial charge in [-0.05, 0) is 43.9 Å². The number of aliphatic hydroxyl groups is 2. The Balaban J connectivity index is 1.27. The molecule has 0 unspecified atom stereocenters. The van der Waals surface area contributed by atoms with Crippen molar-refractivity contribution < 1.29 is 53.0 Å². The molecule has 13 atom stereocenters. The van der Waals surface area contributed by atoms with Gasteiger partial charge in [0.15, 0.2) is 0 Å². The molecule has 1 amide bonds. The summed E-state index contributed by atoms with van der Waals surface area (Å²) >= 11 is 0. The lowest BCUT2D eigenvalue weighted by molar-refractivity contribution is -0.320. The summed E-state index contributed by atoms with van der Waals surface area (Å²) in [5, 5.41) is 29.3. The normalized spacial score (nSPS) is 43.7. The standard InChI is InChI=1S/C37H52N2O11/c1-7-39-18-34(19-50-32(42)20-10-8-9-11-23(20)38-26(40)12-13-27(41)47-4)15-14-25(46-3)36-22-16-21-24(45-2)17-35(43,28(22)29(21)48-5)37(44,33(36)39)31(49-6)30(34)36/h8-11,21-22,24-25,28-31,33,43-44H,7,12-19H2,1-6H3,(H,38,40)/t21-,22-,24+,25-,28-,29+,30-,31+,33+,34+,35-,36+,37-/m1/s1. The number of methoxy groups -OCH3 is 5. The average molecular weight is 701 g/mol. The highest BCUT2D eigenvalue weighted by molar-refractivity contribution is 6.01. The van der Waals surface area contributed by atoms with Crippen LogP contribution < -0.4 is 5.32 Å². The maximum absolute atomic E-state index is 13.9. The Labute approximate surface area is 293 Å². The van der Waals surface area contributed by atoms with Crippen LogP contribution in [0.1, 0.15) is 55.8 Å². The van der Waals surface area contributed by atoms with Crippen molar-refractivity contribution in [1.29, 1.82) is 0 Å². The van der Waals surface area contributed by atoms with Gasteiger partial charge in [0.05, 0.1) is 61.8 Å². The van der Waals surface area contributed by atoms with E-state index in [0.29, 0.717) is 25.9 Å². The number of nitrogens with one attached hydrogen (secondary N) is 1. The second kappa shape index (κ2) is 12.8. The molecular formula is C37H52N2O11. The number of para-hydroxylation sites is 1. The first kappa shape index (κ1) is 35.7. The summed E-state index contributed by atoms with van der Waals surface area (Å²) in [6.07, 6.45) is 0.548. The molecule has 1 aliphatic heterocycles. The fraction of sp³-hybridized carbons (Fsp3) is 0.757. The third kappa shape index (κ3) is 4.53. The number of likely N-dealkylation sites (tertiary alicyclic amines) is 1. The van der Waals surface area contributed by atoms with Gasteiger partial charge in [0.25, 0.3) is 0 Å². The summed E-state index contributed by atoms with van der Waals surface area (Å²) < 4.78 is 35.9. The summed E-state index contributed by atoms with van der Waals surface area (Å²) in [5.41, 5.74) is -4.06. The summed E-state index contributed by atoms with van der Waals surface area (Å²) in [4.78, 5) is 40.5. The van der Waals surface area contributed by atoms with Crippen molar-refractivity contribution in [2.45, 2.75) is 87.1 Å². The molecule has 0 aromatic heterocycles. The molecule has 7 rings (SSSR count). The van der Waals surface area contributed by atoms with E-state index in [2.05, 4.69) is 21.9 Å². The molecule has 6 aliphatic rings. The average Bonchev–Trinajstić information content (AvgIpc) is 3.54. The zero-order valence-corrected chi connectivity index (χ0v) is 29.9. The Hall–Kier alpha value is -2.65. The monoisotopic (exact) mass is 700 g/mol. The third-order valence-electron chi connectivity index (χ3n) is 14.0. The van der Waals surface area contributed by atoms with E-state index < -0.39 is 52.0 Å². The van der Waals surface area contributed by atoms with Gasteiger partial charge in [-0.1, -0.05) is 19.1 Å². The topological polar surface area (TPSA) is 162 Å². The SMILES string of the molecule is CCN1C[C@]2(COC(=O)c3ccccc3NC(=O)CCC(=O)OC)CC[C@@H](OC)[C@@]34[C@@H]5C[C@H]6[C@H](OC)[C@@H]5[C@](O)(C[C@@H]6OC)[C@@](O)([C@@H](OC)[C@H]23)[C@@H]14. The molecule has 1 saturated heterocycles.